The zero-order chi connectivity index (χ0) is 14.9. The Balaban J connectivity index is 2.39. The molecule has 1 N–H and O–H groups in total. The molecule has 1 saturated heterocycles. The van der Waals surface area contributed by atoms with Crippen LogP contribution in [0.5, 0.6) is 5.88 Å². The summed E-state index contributed by atoms with van der Waals surface area (Å²) in [4.78, 5) is 28.0. The fraction of sp³-hybridized carbons (Fsp3) is 0.615. The quantitative estimate of drug-likeness (QED) is 0.776. The number of hydrogen-bond acceptors (Lipinski definition) is 5. The lowest BCUT2D eigenvalue weighted by Gasteiger charge is -2.11. The molecule has 0 amide bonds. The first kappa shape index (κ1) is 14.5. The van der Waals surface area contributed by atoms with Crippen molar-refractivity contribution in [3.63, 3.8) is 0 Å². The van der Waals surface area contributed by atoms with E-state index in [1.165, 1.54) is 14.1 Å². The van der Waals surface area contributed by atoms with Crippen LogP contribution in [0.15, 0.2) is 14.6 Å². The minimum absolute atomic E-state index is 0.0626. The van der Waals surface area contributed by atoms with Crippen molar-refractivity contribution in [1.82, 2.24) is 9.13 Å². The van der Waals surface area contributed by atoms with Gasteiger partial charge in [-0.15, -0.1) is 0 Å². The molecule has 7 nitrogen and oxygen atoms in total. The number of ether oxygens (including phenoxy) is 1. The van der Waals surface area contributed by atoms with Crippen molar-refractivity contribution < 1.29 is 9.84 Å². The van der Waals surface area contributed by atoms with Crippen molar-refractivity contribution in [2.75, 3.05) is 13.2 Å². The van der Waals surface area contributed by atoms with Crippen LogP contribution in [0.2, 0.25) is 0 Å². The third-order valence-corrected chi connectivity index (χ3v) is 3.55. The molecule has 7 heteroatoms. The lowest BCUT2D eigenvalue weighted by atomic mass is 10.2. The fourth-order valence-corrected chi connectivity index (χ4v) is 2.26. The first-order valence-electron chi connectivity index (χ1n) is 6.55. The molecule has 20 heavy (non-hydrogen) atoms. The topological polar surface area (TPSA) is 85.8 Å². The Morgan fingerprint density at radius 1 is 1.40 bits per heavy atom. The first-order chi connectivity index (χ1) is 9.43. The van der Waals surface area contributed by atoms with E-state index in [4.69, 9.17) is 4.74 Å². The molecule has 1 aromatic heterocycles. The fourth-order valence-electron chi connectivity index (χ4n) is 2.26. The Kier molecular flexibility index (Phi) is 4.08. The minimum atomic E-state index is -0.567. The van der Waals surface area contributed by atoms with E-state index in [0.717, 1.165) is 28.6 Å². The van der Waals surface area contributed by atoms with Gasteiger partial charge in [-0.05, 0) is 19.8 Å². The van der Waals surface area contributed by atoms with Gasteiger partial charge in [0.1, 0.15) is 5.56 Å². The second-order valence-corrected chi connectivity index (χ2v) is 4.97. The molecule has 1 aliphatic heterocycles. The molecule has 2 heterocycles. The molecule has 0 radical (unpaired) electrons. The number of nitrogens with zero attached hydrogens (tertiary/aromatic N) is 3. The van der Waals surface area contributed by atoms with Crippen LogP contribution in [0.1, 0.15) is 25.3 Å². The standard InChI is InChI=1S/C13H19N3O4/c1-8(14-7-9-5-4-6-20-9)10-11(17)15(2)13(19)16(3)12(10)18/h9,17H,4-7H2,1-3H3/t9-/m0/s1. The second-order valence-electron chi connectivity index (χ2n) is 4.97. The number of hydrogen-bond donors (Lipinski definition) is 1. The van der Waals surface area contributed by atoms with Gasteiger partial charge in [-0.2, -0.15) is 0 Å². The van der Waals surface area contributed by atoms with Crippen molar-refractivity contribution in [2.45, 2.75) is 25.9 Å². The van der Waals surface area contributed by atoms with Crippen LogP contribution < -0.4 is 11.2 Å². The van der Waals surface area contributed by atoms with Crippen LogP contribution in [0.3, 0.4) is 0 Å². The third-order valence-electron chi connectivity index (χ3n) is 3.55. The normalized spacial score (nSPS) is 19.6. The summed E-state index contributed by atoms with van der Waals surface area (Å²) in [6, 6.07) is 0. The Morgan fingerprint density at radius 2 is 2.10 bits per heavy atom. The summed E-state index contributed by atoms with van der Waals surface area (Å²) in [5.41, 5.74) is -0.635. The van der Waals surface area contributed by atoms with Gasteiger partial charge in [-0.25, -0.2) is 4.79 Å². The molecule has 1 aliphatic rings. The van der Waals surface area contributed by atoms with E-state index in [9.17, 15) is 14.7 Å². The van der Waals surface area contributed by atoms with Crippen molar-refractivity contribution in [1.29, 1.82) is 0 Å². The van der Waals surface area contributed by atoms with Crippen molar-refractivity contribution >= 4 is 5.71 Å². The number of rotatable bonds is 3. The highest BCUT2D eigenvalue weighted by Gasteiger charge is 2.19. The van der Waals surface area contributed by atoms with E-state index < -0.39 is 11.2 Å². The summed E-state index contributed by atoms with van der Waals surface area (Å²) in [5, 5.41) is 9.98. The summed E-state index contributed by atoms with van der Waals surface area (Å²) in [6.45, 7) is 2.85. The maximum atomic E-state index is 12.1. The highest BCUT2D eigenvalue weighted by Crippen LogP contribution is 2.14. The first-order valence-corrected chi connectivity index (χ1v) is 6.55. The van der Waals surface area contributed by atoms with Crippen molar-refractivity contribution in [3.8, 4) is 5.88 Å². The lowest BCUT2D eigenvalue weighted by Crippen LogP contribution is -2.39. The van der Waals surface area contributed by atoms with E-state index in [2.05, 4.69) is 4.99 Å². The molecule has 0 unspecified atom stereocenters. The Morgan fingerprint density at radius 3 is 2.70 bits per heavy atom. The highest BCUT2D eigenvalue weighted by molar-refractivity contribution is 6.00. The van der Waals surface area contributed by atoms with Crippen LogP contribution >= 0.6 is 0 Å². The summed E-state index contributed by atoms with van der Waals surface area (Å²) in [6.07, 6.45) is 2.05. The summed E-state index contributed by atoms with van der Waals surface area (Å²) < 4.78 is 7.45. The lowest BCUT2D eigenvalue weighted by molar-refractivity contribution is 0.118. The smallest absolute Gasteiger partial charge is 0.333 e. The molecular weight excluding hydrogens is 262 g/mol. The van der Waals surface area contributed by atoms with E-state index >= 15 is 0 Å². The van der Waals surface area contributed by atoms with Gasteiger partial charge in [0.05, 0.1) is 18.4 Å². The van der Waals surface area contributed by atoms with Crippen molar-refractivity contribution in [2.24, 2.45) is 19.1 Å². The summed E-state index contributed by atoms with van der Waals surface area (Å²) in [5.74, 6) is -0.355. The van der Waals surface area contributed by atoms with Gasteiger partial charge in [-0.3, -0.25) is 18.9 Å². The van der Waals surface area contributed by atoms with Crippen LogP contribution in [0.4, 0.5) is 0 Å². The van der Waals surface area contributed by atoms with Gasteiger partial charge in [0, 0.05) is 20.7 Å². The van der Waals surface area contributed by atoms with Crippen molar-refractivity contribution in [3.05, 3.63) is 26.4 Å². The Hall–Kier alpha value is -1.89. The minimum Gasteiger partial charge on any atom is -0.494 e. The van der Waals surface area contributed by atoms with Gasteiger partial charge < -0.3 is 9.84 Å². The van der Waals surface area contributed by atoms with Gasteiger partial charge in [0.15, 0.2) is 0 Å². The largest absolute Gasteiger partial charge is 0.494 e. The highest BCUT2D eigenvalue weighted by atomic mass is 16.5. The average Bonchev–Trinajstić information content (AvgIpc) is 2.94. The Bertz CT molecular complexity index is 651. The molecule has 110 valence electrons. The zero-order valence-corrected chi connectivity index (χ0v) is 11.9. The SMILES string of the molecule is CC(=NC[C@@H]1CCCO1)c1c(O)n(C)c(=O)n(C)c1=O. The van der Waals surface area contributed by atoms with E-state index in [1.54, 1.807) is 6.92 Å². The van der Waals surface area contributed by atoms with E-state index in [1.807, 2.05) is 0 Å². The predicted molar refractivity (Wildman–Crippen MR) is 74.6 cm³/mol. The summed E-state index contributed by atoms with van der Waals surface area (Å²) >= 11 is 0. The molecule has 1 fully saturated rings. The molecule has 0 saturated carbocycles. The van der Waals surface area contributed by atoms with Gasteiger partial charge in [0.25, 0.3) is 5.56 Å². The number of aromatic hydroxyl groups is 1. The second kappa shape index (κ2) is 5.62. The Labute approximate surface area is 116 Å². The van der Waals surface area contributed by atoms with Crippen LogP contribution in [-0.4, -0.2) is 39.2 Å². The van der Waals surface area contributed by atoms with Gasteiger partial charge in [0.2, 0.25) is 5.88 Å². The number of aliphatic imine (C=N–C) groups is 1. The molecule has 0 bridgehead atoms. The molecule has 0 aliphatic carbocycles. The van der Waals surface area contributed by atoms with Crippen LogP contribution in [0.25, 0.3) is 0 Å². The molecule has 2 rings (SSSR count). The van der Waals surface area contributed by atoms with Crippen LogP contribution in [0, 0.1) is 0 Å². The average molecular weight is 281 g/mol. The summed E-state index contributed by atoms with van der Waals surface area (Å²) in [7, 11) is 2.79. The van der Waals surface area contributed by atoms with Crippen LogP contribution in [-0.2, 0) is 18.8 Å². The molecule has 0 aromatic carbocycles. The molecular formula is C13H19N3O4. The molecule has 1 atom stereocenters. The zero-order valence-electron chi connectivity index (χ0n) is 11.9. The third kappa shape index (κ3) is 2.53. The van der Waals surface area contributed by atoms with Gasteiger partial charge >= 0.3 is 5.69 Å². The monoisotopic (exact) mass is 281 g/mol. The van der Waals surface area contributed by atoms with Gasteiger partial charge in [-0.1, -0.05) is 0 Å². The molecule has 0 spiro atoms. The number of aromatic nitrogens is 2. The van der Waals surface area contributed by atoms with E-state index in [0.29, 0.717) is 12.3 Å². The maximum absolute atomic E-state index is 12.1. The predicted octanol–water partition coefficient (Wildman–Crippen LogP) is -0.222. The molecule has 1 aromatic rings. The maximum Gasteiger partial charge on any atom is 0.333 e. The van der Waals surface area contributed by atoms with E-state index in [-0.39, 0.29) is 17.5 Å².